The topological polar surface area (TPSA) is 25.8 Å². The molecule has 0 radical (unpaired) electrons. The number of rotatable bonds is 3. The van der Waals surface area contributed by atoms with Gasteiger partial charge < -0.3 is 0 Å². The zero-order valence-corrected chi connectivity index (χ0v) is 13.1. The zero-order valence-electron chi connectivity index (χ0n) is 13.1. The standard InChI is InChI=1S/C22H16N2/c1-3-9-17(10-4-1)19-13-7-15-23-21(19)22-20(14-8-16-24-22)18-11-5-2-6-12-18/h1-16H. The molecule has 0 saturated carbocycles. The van der Waals surface area contributed by atoms with Crippen molar-refractivity contribution in [2.75, 3.05) is 0 Å². The number of benzene rings is 2. The Morgan fingerprint density at radius 1 is 0.417 bits per heavy atom. The van der Waals surface area contributed by atoms with Crippen molar-refractivity contribution in [1.29, 1.82) is 0 Å². The number of nitrogens with zero attached hydrogens (tertiary/aromatic N) is 2. The van der Waals surface area contributed by atoms with Crippen LogP contribution in [0.1, 0.15) is 0 Å². The summed E-state index contributed by atoms with van der Waals surface area (Å²) in [6.45, 7) is 0. The summed E-state index contributed by atoms with van der Waals surface area (Å²) in [5.74, 6) is 0. The summed E-state index contributed by atoms with van der Waals surface area (Å²) in [4.78, 5) is 9.30. The number of hydrogen-bond donors (Lipinski definition) is 0. The molecule has 2 heterocycles. The Balaban J connectivity index is 1.93. The molecule has 2 nitrogen and oxygen atoms in total. The molecule has 0 aliphatic heterocycles. The molecule has 114 valence electrons. The molecule has 24 heavy (non-hydrogen) atoms. The number of pyridine rings is 2. The largest absolute Gasteiger partial charge is 0.254 e. The van der Waals surface area contributed by atoms with Crippen molar-refractivity contribution >= 4 is 0 Å². The van der Waals surface area contributed by atoms with Crippen LogP contribution in [0.4, 0.5) is 0 Å². The molecule has 0 fully saturated rings. The first-order valence-electron chi connectivity index (χ1n) is 7.95. The second kappa shape index (κ2) is 6.47. The first-order chi connectivity index (χ1) is 11.9. The van der Waals surface area contributed by atoms with E-state index >= 15 is 0 Å². The van der Waals surface area contributed by atoms with Crippen LogP contribution in [0.25, 0.3) is 33.6 Å². The number of hydrogen-bond acceptors (Lipinski definition) is 2. The summed E-state index contributed by atoms with van der Waals surface area (Å²) in [6, 6.07) is 28.8. The third-order valence-corrected chi connectivity index (χ3v) is 4.01. The maximum Gasteiger partial charge on any atom is 0.0970 e. The molecular weight excluding hydrogens is 292 g/mol. The highest BCUT2D eigenvalue weighted by molar-refractivity contribution is 5.87. The Kier molecular flexibility index (Phi) is 3.86. The summed E-state index contributed by atoms with van der Waals surface area (Å²) in [6.07, 6.45) is 3.65. The minimum atomic E-state index is 0.906. The third-order valence-electron chi connectivity index (χ3n) is 4.01. The van der Waals surface area contributed by atoms with Gasteiger partial charge in [0.25, 0.3) is 0 Å². The normalized spacial score (nSPS) is 10.5. The van der Waals surface area contributed by atoms with E-state index in [-0.39, 0.29) is 0 Å². The average molecular weight is 308 g/mol. The van der Waals surface area contributed by atoms with Crippen LogP contribution in [0.15, 0.2) is 97.3 Å². The van der Waals surface area contributed by atoms with Crippen LogP contribution in [-0.4, -0.2) is 9.97 Å². The predicted octanol–water partition coefficient (Wildman–Crippen LogP) is 5.48. The molecule has 0 aliphatic carbocycles. The lowest BCUT2D eigenvalue weighted by molar-refractivity contribution is 1.25. The molecule has 0 saturated heterocycles. The lowest BCUT2D eigenvalue weighted by atomic mass is 9.97. The Bertz CT molecular complexity index is 867. The molecule has 4 rings (SSSR count). The minimum absolute atomic E-state index is 0.906. The van der Waals surface area contributed by atoms with Crippen LogP contribution in [-0.2, 0) is 0 Å². The van der Waals surface area contributed by atoms with Gasteiger partial charge in [0.1, 0.15) is 0 Å². The first kappa shape index (κ1) is 14.3. The van der Waals surface area contributed by atoms with Gasteiger partial charge in [-0.1, -0.05) is 72.8 Å². The van der Waals surface area contributed by atoms with E-state index in [1.807, 2.05) is 60.9 Å². The summed E-state index contributed by atoms with van der Waals surface area (Å²) < 4.78 is 0. The molecule has 0 unspecified atom stereocenters. The van der Waals surface area contributed by atoms with E-state index in [1.54, 1.807) is 0 Å². The van der Waals surface area contributed by atoms with E-state index < -0.39 is 0 Å². The van der Waals surface area contributed by atoms with E-state index in [0.717, 1.165) is 33.6 Å². The van der Waals surface area contributed by atoms with Crippen molar-refractivity contribution in [2.45, 2.75) is 0 Å². The van der Waals surface area contributed by atoms with Crippen molar-refractivity contribution in [3.63, 3.8) is 0 Å². The van der Waals surface area contributed by atoms with Gasteiger partial charge in [-0.15, -0.1) is 0 Å². The molecule has 2 aromatic heterocycles. The van der Waals surface area contributed by atoms with Gasteiger partial charge in [-0.25, -0.2) is 0 Å². The Labute approximate surface area is 141 Å². The van der Waals surface area contributed by atoms with Gasteiger partial charge in [0, 0.05) is 23.5 Å². The average Bonchev–Trinajstić information content (AvgIpc) is 2.69. The van der Waals surface area contributed by atoms with Gasteiger partial charge in [0.15, 0.2) is 0 Å². The second-order valence-electron chi connectivity index (χ2n) is 5.53. The van der Waals surface area contributed by atoms with E-state index in [9.17, 15) is 0 Å². The fourth-order valence-corrected chi connectivity index (χ4v) is 2.89. The molecule has 0 aliphatic rings. The number of aromatic nitrogens is 2. The SMILES string of the molecule is c1ccc(-c2cccnc2-c2ncccc2-c2ccccc2)cc1. The van der Waals surface area contributed by atoms with Crippen LogP contribution in [0, 0.1) is 0 Å². The Morgan fingerprint density at radius 2 is 0.833 bits per heavy atom. The van der Waals surface area contributed by atoms with Crippen LogP contribution in [0.3, 0.4) is 0 Å². The van der Waals surface area contributed by atoms with E-state index in [1.165, 1.54) is 0 Å². The summed E-state index contributed by atoms with van der Waals surface area (Å²) >= 11 is 0. The third kappa shape index (κ3) is 2.70. The van der Waals surface area contributed by atoms with Gasteiger partial charge >= 0.3 is 0 Å². The smallest absolute Gasteiger partial charge is 0.0970 e. The fraction of sp³-hybridized carbons (Fsp3) is 0. The molecule has 2 aromatic carbocycles. The molecule has 4 aromatic rings. The van der Waals surface area contributed by atoms with E-state index in [4.69, 9.17) is 0 Å². The monoisotopic (exact) mass is 308 g/mol. The van der Waals surface area contributed by atoms with Gasteiger partial charge in [0.05, 0.1) is 11.4 Å². The van der Waals surface area contributed by atoms with E-state index in [2.05, 4.69) is 46.4 Å². The highest BCUT2D eigenvalue weighted by atomic mass is 14.8. The fourth-order valence-electron chi connectivity index (χ4n) is 2.89. The predicted molar refractivity (Wildman–Crippen MR) is 98.3 cm³/mol. The van der Waals surface area contributed by atoms with Crippen LogP contribution >= 0.6 is 0 Å². The Hall–Kier alpha value is -3.26. The van der Waals surface area contributed by atoms with Crippen molar-refractivity contribution in [1.82, 2.24) is 9.97 Å². The highest BCUT2D eigenvalue weighted by Crippen LogP contribution is 2.34. The summed E-state index contributed by atoms with van der Waals surface area (Å²) in [7, 11) is 0. The lowest BCUT2D eigenvalue weighted by Crippen LogP contribution is -1.94. The molecule has 2 heteroatoms. The van der Waals surface area contributed by atoms with Crippen LogP contribution in [0.2, 0.25) is 0 Å². The lowest BCUT2D eigenvalue weighted by Gasteiger charge is -2.12. The van der Waals surface area contributed by atoms with Gasteiger partial charge in [-0.3, -0.25) is 9.97 Å². The van der Waals surface area contributed by atoms with Crippen molar-refractivity contribution in [3.05, 3.63) is 97.3 Å². The quantitative estimate of drug-likeness (QED) is 0.501. The van der Waals surface area contributed by atoms with Crippen molar-refractivity contribution < 1.29 is 0 Å². The highest BCUT2D eigenvalue weighted by Gasteiger charge is 2.14. The minimum Gasteiger partial charge on any atom is -0.254 e. The van der Waals surface area contributed by atoms with Crippen molar-refractivity contribution in [2.24, 2.45) is 0 Å². The van der Waals surface area contributed by atoms with E-state index in [0.29, 0.717) is 0 Å². The molecule has 0 bridgehead atoms. The first-order valence-corrected chi connectivity index (χ1v) is 7.95. The molecule has 0 spiro atoms. The Morgan fingerprint density at radius 3 is 1.25 bits per heavy atom. The molecule has 0 N–H and O–H groups in total. The second-order valence-corrected chi connectivity index (χ2v) is 5.53. The van der Waals surface area contributed by atoms with Gasteiger partial charge in [0.2, 0.25) is 0 Å². The van der Waals surface area contributed by atoms with Crippen LogP contribution < -0.4 is 0 Å². The zero-order chi connectivity index (χ0) is 16.2. The van der Waals surface area contributed by atoms with Crippen molar-refractivity contribution in [3.8, 4) is 33.6 Å². The maximum atomic E-state index is 4.65. The summed E-state index contributed by atoms with van der Waals surface area (Å²) in [5, 5.41) is 0. The maximum absolute atomic E-state index is 4.65. The molecule has 0 amide bonds. The molecular formula is C22H16N2. The summed E-state index contributed by atoms with van der Waals surface area (Å²) in [5.41, 5.74) is 6.28. The van der Waals surface area contributed by atoms with Crippen LogP contribution in [0.5, 0.6) is 0 Å². The van der Waals surface area contributed by atoms with Gasteiger partial charge in [-0.2, -0.15) is 0 Å². The van der Waals surface area contributed by atoms with Gasteiger partial charge in [-0.05, 0) is 23.3 Å². The molecule has 0 atom stereocenters.